The summed E-state index contributed by atoms with van der Waals surface area (Å²) >= 11 is 0. The maximum Gasteiger partial charge on any atom is 0.326 e. The summed E-state index contributed by atoms with van der Waals surface area (Å²) in [4.78, 5) is 35.6. The first-order valence-electron chi connectivity index (χ1n) is 6.24. The van der Waals surface area contributed by atoms with Crippen molar-refractivity contribution in [2.45, 2.75) is 51.6 Å². The summed E-state index contributed by atoms with van der Waals surface area (Å²) in [6, 6.07) is -1.45. The average molecular weight is 256 g/mol. The second-order valence-electron chi connectivity index (χ2n) is 4.66. The second kappa shape index (κ2) is 6.37. The van der Waals surface area contributed by atoms with Gasteiger partial charge in [0.25, 0.3) is 0 Å². The largest absolute Gasteiger partial charge is 0.480 e. The molecule has 1 saturated heterocycles. The molecule has 2 amide bonds. The summed E-state index contributed by atoms with van der Waals surface area (Å²) in [6.45, 7) is 3.36. The van der Waals surface area contributed by atoms with Gasteiger partial charge in [-0.2, -0.15) is 0 Å². The molecule has 1 aliphatic rings. The van der Waals surface area contributed by atoms with Crippen LogP contribution in [0.1, 0.15) is 39.5 Å². The quantitative estimate of drug-likeness (QED) is 0.763. The van der Waals surface area contributed by atoms with Gasteiger partial charge in [0, 0.05) is 13.5 Å². The zero-order valence-corrected chi connectivity index (χ0v) is 10.8. The molecule has 0 aromatic rings. The van der Waals surface area contributed by atoms with Crippen LogP contribution in [-0.4, -0.2) is 46.4 Å². The Morgan fingerprint density at radius 1 is 1.28 bits per heavy atom. The Morgan fingerprint density at radius 3 is 2.50 bits per heavy atom. The first-order valence-corrected chi connectivity index (χ1v) is 6.24. The Bertz CT molecular complexity index is 343. The van der Waals surface area contributed by atoms with E-state index in [1.54, 1.807) is 6.92 Å². The molecule has 0 aromatic heterocycles. The number of carboxylic acids is 1. The van der Waals surface area contributed by atoms with Crippen molar-refractivity contribution in [3.8, 4) is 0 Å². The van der Waals surface area contributed by atoms with E-state index in [-0.39, 0.29) is 11.8 Å². The van der Waals surface area contributed by atoms with Crippen molar-refractivity contribution in [2.75, 3.05) is 6.54 Å². The molecule has 102 valence electrons. The van der Waals surface area contributed by atoms with Crippen LogP contribution in [0.5, 0.6) is 0 Å². The maximum atomic E-state index is 12.1. The lowest BCUT2D eigenvalue weighted by Gasteiger charge is -2.29. The highest BCUT2D eigenvalue weighted by atomic mass is 16.4. The number of carbonyl (C=O) groups is 3. The van der Waals surface area contributed by atoms with Crippen LogP contribution in [0.2, 0.25) is 0 Å². The van der Waals surface area contributed by atoms with E-state index in [0.717, 1.165) is 19.3 Å². The summed E-state index contributed by atoms with van der Waals surface area (Å²) in [5, 5.41) is 11.7. The predicted molar refractivity (Wildman–Crippen MR) is 64.9 cm³/mol. The Morgan fingerprint density at radius 2 is 1.94 bits per heavy atom. The lowest BCUT2D eigenvalue weighted by molar-refractivity contribution is -0.151. The molecule has 0 aromatic carbocycles. The maximum absolute atomic E-state index is 12.1. The number of aliphatic carboxylic acids is 1. The number of carbonyl (C=O) groups excluding carboxylic acids is 2. The minimum absolute atomic E-state index is 0.294. The van der Waals surface area contributed by atoms with E-state index in [2.05, 4.69) is 5.32 Å². The normalized spacial score (nSPS) is 21.9. The molecule has 0 saturated carbocycles. The van der Waals surface area contributed by atoms with Crippen LogP contribution in [-0.2, 0) is 14.4 Å². The third kappa shape index (κ3) is 3.72. The molecular weight excluding hydrogens is 236 g/mol. The Kier molecular flexibility index (Phi) is 5.12. The van der Waals surface area contributed by atoms with Crippen LogP contribution in [0.4, 0.5) is 0 Å². The number of nitrogens with zero attached hydrogens (tertiary/aromatic N) is 1. The van der Waals surface area contributed by atoms with Gasteiger partial charge in [-0.05, 0) is 19.8 Å². The summed E-state index contributed by atoms with van der Waals surface area (Å²) in [6.07, 6.45) is 3.04. The van der Waals surface area contributed by atoms with Gasteiger partial charge in [-0.25, -0.2) is 4.79 Å². The minimum Gasteiger partial charge on any atom is -0.480 e. The Labute approximate surface area is 106 Å². The van der Waals surface area contributed by atoms with Crippen molar-refractivity contribution < 1.29 is 19.5 Å². The molecule has 1 rings (SSSR count). The van der Waals surface area contributed by atoms with E-state index < -0.39 is 18.1 Å². The van der Waals surface area contributed by atoms with E-state index in [1.165, 1.54) is 11.8 Å². The van der Waals surface area contributed by atoms with E-state index in [9.17, 15) is 14.4 Å². The first kappa shape index (κ1) is 14.5. The highest BCUT2D eigenvalue weighted by Crippen LogP contribution is 2.18. The van der Waals surface area contributed by atoms with Crippen LogP contribution >= 0.6 is 0 Å². The minimum atomic E-state index is -0.972. The highest BCUT2D eigenvalue weighted by molar-refractivity contribution is 5.89. The van der Waals surface area contributed by atoms with Crippen LogP contribution < -0.4 is 5.32 Å². The zero-order chi connectivity index (χ0) is 13.7. The fourth-order valence-corrected chi connectivity index (χ4v) is 2.24. The Hall–Kier alpha value is -1.59. The lowest BCUT2D eigenvalue weighted by atomic mass is 10.1. The van der Waals surface area contributed by atoms with Gasteiger partial charge in [0.1, 0.15) is 12.1 Å². The van der Waals surface area contributed by atoms with Crippen molar-refractivity contribution >= 4 is 17.8 Å². The van der Waals surface area contributed by atoms with Crippen molar-refractivity contribution in [3.05, 3.63) is 0 Å². The van der Waals surface area contributed by atoms with Gasteiger partial charge in [0.2, 0.25) is 11.8 Å². The highest BCUT2D eigenvalue weighted by Gasteiger charge is 2.33. The van der Waals surface area contributed by atoms with Gasteiger partial charge in [-0.3, -0.25) is 9.59 Å². The lowest BCUT2D eigenvalue weighted by Crippen LogP contribution is -2.52. The van der Waals surface area contributed by atoms with Crippen molar-refractivity contribution in [2.24, 2.45) is 0 Å². The van der Waals surface area contributed by atoms with Crippen LogP contribution in [0.25, 0.3) is 0 Å². The van der Waals surface area contributed by atoms with Crippen LogP contribution in [0, 0.1) is 0 Å². The second-order valence-corrected chi connectivity index (χ2v) is 4.66. The summed E-state index contributed by atoms with van der Waals surface area (Å²) in [7, 11) is 0. The molecule has 1 heterocycles. The number of amides is 2. The average Bonchev–Trinajstić information content (AvgIpc) is 2.52. The summed E-state index contributed by atoms with van der Waals surface area (Å²) in [5.74, 6) is -1.59. The van der Waals surface area contributed by atoms with Gasteiger partial charge in [0.15, 0.2) is 0 Å². The topological polar surface area (TPSA) is 86.7 Å². The third-order valence-corrected chi connectivity index (χ3v) is 3.11. The molecule has 1 fully saturated rings. The van der Waals surface area contributed by atoms with Gasteiger partial charge in [-0.15, -0.1) is 0 Å². The molecule has 6 nitrogen and oxygen atoms in total. The number of rotatable bonds is 3. The number of hydrogen-bond acceptors (Lipinski definition) is 3. The predicted octanol–water partition coefficient (Wildman–Crippen LogP) is 0.367. The van der Waals surface area contributed by atoms with E-state index in [4.69, 9.17) is 5.11 Å². The van der Waals surface area contributed by atoms with Gasteiger partial charge < -0.3 is 15.3 Å². The molecule has 2 unspecified atom stereocenters. The van der Waals surface area contributed by atoms with Gasteiger partial charge in [-0.1, -0.05) is 12.8 Å². The molecular formula is C12H20N2O4. The molecule has 0 radical (unpaired) electrons. The molecule has 0 aliphatic carbocycles. The summed E-state index contributed by atoms with van der Waals surface area (Å²) in [5.41, 5.74) is 0. The molecule has 18 heavy (non-hydrogen) atoms. The number of nitrogens with one attached hydrogen (secondary N) is 1. The molecule has 2 N–H and O–H groups in total. The smallest absolute Gasteiger partial charge is 0.326 e. The fourth-order valence-electron chi connectivity index (χ4n) is 2.24. The molecule has 1 aliphatic heterocycles. The molecule has 6 heteroatoms. The number of hydrogen-bond donors (Lipinski definition) is 2. The molecule has 0 spiro atoms. The van der Waals surface area contributed by atoms with Crippen LogP contribution in [0.3, 0.4) is 0 Å². The number of carboxylic acid groups (broad SMARTS) is 1. The zero-order valence-electron chi connectivity index (χ0n) is 10.8. The van der Waals surface area contributed by atoms with Crippen molar-refractivity contribution in [3.63, 3.8) is 0 Å². The third-order valence-electron chi connectivity index (χ3n) is 3.11. The first-order chi connectivity index (χ1) is 8.43. The summed E-state index contributed by atoms with van der Waals surface area (Å²) < 4.78 is 0. The van der Waals surface area contributed by atoms with E-state index in [1.807, 2.05) is 0 Å². The van der Waals surface area contributed by atoms with Gasteiger partial charge in [0.05, 0.1) is 0 Å². The van der Waals surface area contributed by atoms with Crippen molar-refractivity contribution in [1.82, 2.24) is 10.2 Å². The van der Waals surface area contributed by atoms with E-state index >= 15 is 0 Å². The molecule has 2 atom stereocenters. The standard InChI is InChI=1S/C12H20N2O4/c1-8(13-9(2)15)11(16)14-7-5-3-4-6-10(14)12(17)18/h8,10H,3-7H2,1-2H3,(H,13,15)(H,17,18). The monoisotopic (exact) mass is 256 g/mol. The van der Waals surface area contributed by atoms with Crippen molar-refractivity contribution in [1.29, 1.82) is 0 Å². The van der Waals surface area contributed by atoms with Crippen LogP contribution in [0.15, 0.2) is 0 Å². The molecule has 0 bridgehead atoms. The SMILES string of the molecule is CC(=O)NC(C)C(=O)N1CCCCCC1C(=O)O. The fraction of sp³-hybridized carbons (Fsp3) is 0.750. The number of likely N-dealkylation sites (tertiary alicyclic amines) is 1. The Balaban J connectivity index is 2.78. The van der Waals surface area contributed by atoms with Gasteiger partial charge >= 0.3 is 5.97 Å². The van der Waals surface area contributed by atoms with E-state index in [0.29, 0.717) is 13.0 Å².